The third-order valence-electron chi connectivity index (χ3n) is 6.54. The first kappa shape index (κ1) is 21.1. The molecule has 4 heteroatoms. The molecule has 1 aromatic rings. The fourth-order valence-electron chi connectivity index (χ4n) is 5.02. The summed E-state index contributed by atoms with van der Waals surface area (Å²) < 4.78 is 40.5. The topological polar surface area (TPSA) is 9.23 Å². The molecule has 0 radical (unpaired) electrons. The van der Waals surface area contributed by atoms with Gasteiger partial charge in [0, 0.05) is 11.5 Å². The monoisotopic (exact) mass is 392 g/mol. The van der Waals surface area contributed by atoms with Crippen LogP contribution in [0.5, 0.6) is 5.75 Å². The van der Waals surface area contributed by atoms with E-state index in [4.69, 9.17) is 0 Å². The predicted octanol–water partition coefficient (Wildman–Crippen LogP) is 7.35. The summed E-state index contributed by atoms with van der Waals surface area (Å²) in [5, 5.41) is 0. The Bertz CT molecular complexity index is 652. The molecule has 2 aliphatic rings. The van der Waals surface area contributed by atoms with Crippen molar-refractivity contribution >= 4 is 0 Å². The summed E-state index contributed by atoms with van der Waals surface area (Å²) in [6.07, 6.45) is 8.61. The molecule has 1 nitrogen and oxygen atoms in total. The van der Waals surface area contributed by atoms with Gasteiger partial charge in [-0.05, 0) is 80.5 Å². The van der Waals surface area contributed by atoms with Crippen LogP contribution in [0.3, 0.4) is 0 Å². The Balaban J connectivity index is 1.44. The van der Waals surface area contributed by atoms with Gasteiger partial charge >= 0.3 is 6.36 Å². The van der Waals surface area contributed by atoms with Crippen LogP contribution in [-0.2, 0) is 0 Å². The van der Waals surface area contributed by atoms with Crippen LogP contribution in [0.15, 0.2) is 24.3 Å². The molecule has 154 valence electrons. The highest BCUT2D eigenvalue weighted by Gasteiger charge is 2.31. The standard InChI is InChI=1S/C24H31F3O/c1-2-3-18-6-12-21(13-7-18)22-14-8-19(9-15-22)4-5-20-10-16-23(17-11-20)28-24(25,26)27/h10-11,16-19,21-22H,2-3,6-9,12-15H2,1H3. The second-order valence-electron chi connectivity index (χ2n) is 8.52. The van der Waals surface area contributed by atoms with Crippen LogP contribution in [0.25, 0.3) is 0 Å². The lowest BCUT2D eigenvalue weighted by Crippen LogP contribution is -2.25. The average Bonchev–Trinajstić information content (AvgIpc) is 2.68. The van der Waals surface area contributed by atoms with Gasteiger partial charge in [0.25, 0.3) is 0 Å². The summed E-state index contributed by atoms with van der Waals surface area (Å²) in [4.78, 5) is 0. The van der Waals surface area contributed by atoms with E-state index in [1.807, 2.05) is 0 Å². The van der Waals surface area contributed by atoms with Gasteiger partial charge < -0.3 is 4.74 Å². The van der Waals surface area contributed by atoms with E-state index < -0.39 is 6.36 Å². The summed E-state index contributed by atoms with van der Waals surface area (Å²) in [5.41, 5.74) is 0.742. The lowest BCUT2D eigenvalue weighted by molar-refractivity contribution is -0.274. The molecule has 0 bridgehead atoms. The summed E-state index contributed by atoms with van der Waals surface area (Å²) in [6, 6.07) is 5.83. The highest BCUT2D eigenvalue weighted by Crippen LogP contribution is 2.42. The Morgan fingerprint density at radius 3 is 2.00 bits per heavy atom. The first-order chi connectivity index (χ1) is 13.4. The van der Waals surface area contributed by atoms with Crippen LogP contribution < -0.4 is 4.74 Å². The van der Waals surface area contributed by atoms with Gasteiger partial charge in [0.1, 0.15) is 5.75 Å². The molecule has 0 unspecified atom stereocenters. The van der Waals surface area contributed by atoms with E-state index in [0.717, 1.165) is 36.2 Å². The number of benzene rings is 1. The van der Waals surface area contributed by atoms with Gasteiger partial charge in [-0.1, -0.05) is 44.4 Å². The number of hydrogen-bond donors (Lipinski definition) is 0. The fraction of sp³-hybridized carbons (Fsp3) is 0.667. The van der Waals surface area contributed by atoms with Gasteiger partial charge in [0.15, 0.2) is 0 Å². The zero-order valence-corrected chi connectivity index (χ0v) is 16.7. The molecule has 0 amide bonds. The van der Waals surface area contributed by atoms with E-state index in [-0.39, 0.29) is 5.75 Å². The van der Waals surface area contributed by atoms with E-state index in [0.29, 0.717) is 5.92 Å². The van der Waals surface area contributed by atoms with Crippen LogP contribution in [0.4, 0.5) is 13.2 Å². The minimum atomic E-state index is -4.65. The first-order valence-electron chi connectivity index (χ1n) is 10.8. The molecule has 0 aromatic heterocycles. The maximum atomic E-state index is 12.2. The largest absolute Gasteiger partial charge is 0.573 e. The summed E-state index contributed by atoms with van der Waals surface area (Å²) in [6.45, 7) is 2.29. The molecule has 2 saturated carbocycles. The second kappa shape index (κ2) is 9.72. The average molecular weight is 393 g/mol. The van der Waals surface area contributed by atoms with Crippen LogP contribution in [0.2, 0.25) is 0 Å². The minimum absolute atomic E-state index is 0.202. The van der Waals surface area contributed by atoms with Crippen molar-refractivity contribution in [3.05, 3.63) is 29.8 Å². The molecule has 28 heavy (non-hydrogen) atoms. The van der Waals surface area contributed by atoms with E-state index in [1.165, 1.54) is 63.5 Å². The minimum Gasteiger partial charge on any atom is -0.406 e. The number of alkyl halides is 3. The van der Waals surface area contributed by atoms with Crippen molar-refractivity contribution in [2.45, 2.75) is 77.5 Å². The SMILES string of the molecule is CCCC1CCC(C2CCC(C#Cc3ccc(OC(F)(F)F)cc3)CC2)CC1. The van der Waals surface area contributed by atoms with Gasteiger partial charge in [0.05, 0.1) is 0 Å². The second-order valence-corrected chi connectivity index (χ2v) is 8.52. The van der Waals surface area contributed by atoms with Crippen molar-refractivity contribution < 1.29 is 17.9 Å². The number of halogens is 3. The van der Waals surface area contributed by atoms with Gasteiger partial charge in [0.2, 0.25) is 0 Å². The molecular formula is C24H31F3O. The molecule has 0 aliphatic heterocycles. The third-order valence-corrected chi connectivity index (χ3v) is 6.54. The molecule has 2 fully saturated rings. The maximum absolute atomic E-state index is 12.2. The van der Waals surface area contributed by atoms with Crippen molar-refractivity contribution in [2.75, 3.05) is 0 Å². The molecule has 0 spiro atoms. The quantitative estimate of drug-likeness (QED) is 0.487. The highest BCUT2D eigenvalue weighted by molar-refractivity contribution is 5.38. The molecule has 0 N–H and O–H groups in total. The molecule has 3 rings (SSSR count). The number of rotatable bonds is 4. The Kier molecular flexibility index (Phi) is 7.32. The maximum Gasteiger partial charge on any atom is 0.573 e. The molecule has 2 aliphatic carbocycles. The lowest BCUT2D eigenvalue weighted by Gasteiger charge is -2.37. The number of ether oxygens (including phenoxy) is 1. The molecule has 0 heterocycles. The van der Waals surface area contributed by atoms with Crippen LogP contribution in [0.1, 0.15) is 76.7 Å². The van der Waals surface area contributed by atoms with Crippen LogP contribution >= 0.6 is 0 Å². The smallest absolute Gasteiger partial charge is 0.406 e. The molecule has 0 atom stereocenters. The first-order valence-corrected chi connectivity index (χ1v) is 10.8. The predicted molar refractivity (Wildman–Crippen MR) is 106 cm³/mol. The summed E-state index contributed by atoms with van der Waals surface area (Å²) >= 11 is 0. The van der Waals surface area contributed by atoms with Crippen molar-refractivity contribution in [1.82, 2.24) is 0 Å². The zero-order chi connectivity index (χ0) is 20.0. The molecule has 1 aromatic carbocycles. The molecule has 0 saturated heterocycles. The molecular weight excluding hydrogens is 361 g/mol. The van der Waals surface area contributed by atoms with E-state index >= 15 is 0 Å². The van der Waals surface area contributed by atoms with Gasteiger partial charge in [-0.2, -0.15) is 0 Å². The zero-order valence-electron chi connectivity index (χ0n) is 16.7. The number of hydrogen-bond acceptors (Lipinski definition) is 1. The highest BCUT2D eigenvalue weighted by atomic mass is 19.4. The van der Waals surface area contributed by atoms with E-state index in [1.54, 1.807) is 12.1 Å². The van der Waals surface area contributed by atoms with E-state index in [9.17, 15) is 13.2 Å². The fourth-order valence-corrected chi connectivity index (χ4v) is 5.02. The van der Waals surface area contributed by atoms with Crippen LogP contribution in [0, 0.1) is 35.5 Å². The lowest BCUT2D eigenvalue weighted by atomic mass is 9.69. The van der Waals surface area contributed by atoms with Gasteiger partial charge in [-0.3, -0.25) is 0 Å². The Hall–Kier alpha value is -1.63. The van der Waals surface area contributed by atoms with Gasteiger partial charge in [-0.25, -0.2) is 0 Å². The van der Waals surface area contributed by atoms with E-state index in [2.05, 4.69) is 23.5 Å². The third kappa shape index (κ3) is 6.47. The summed E-state index contributed by atoms with van der Waals surface area (Å²) in [7, 11) is 0. The normalized spacial score (nSPS) is 28.3. The summed E-state index contributed by atoms with van der Waals surface area (Å²) in [5.74, 6) is 9.45. The van der Waals surface area contributed by atoms with Crippen molar-refractivity contribution in [3.8, 4) is 17.6 Å². The Morgan fingerprint density at radius 2 is 1.46 bits per heavy atom. The van der Waals surface area contributed by atoms with Crippen molar-refractivity contribution in [2.24, 2.45) is 23.7 Å². The van der Waals surface area contributed by atoms with Crippen molar-refractivity contribution in [3.63, 3.8) is 0 Å². The Labute approximate surface area is 167 Å². The van der Waals surface area contributed by atoms with Crippen molar-refractivity contribution in [1.29, 1.82) is 0 Å². The van der Waals surface area contributed by atoms with Gasteiger partial charge in [-0.15, -0.1) is 13.2 Å². The Morgan fingerprint density at radius 1 is 0.893 bits per heavy atom. The van der Waals surface area contributed by atoms with Crippen LogP contribution in [-0.4, -0.2) is 6.36 Å².